The average Bonchev–Trinajstić information content (AvgIpc) is 2.54. The van der Waals surface area contributed by atoms with Gasteiger partial charge in [-0.3, -0.25) is 0 Å². The van der Waals surface area contributed by atoms with Crippen molar-refractivity contribution in [2.75, 3.05) is 38.4 Å². The van der Waals surface area contributed by atoms with E-state index in [1.54, 1.807) is 14.2 Å². The van der Waals surface area contributed by atoms with E-state index in [2.05, 4.69) is 25.6 Å². The zero-order valence-corrected chi connectivity index (χ0v) is 12.4. The first-order valence-corrected chi connectivity index (χ1v) is 6.60. The molecule has 0 amide bonds. The molecule has 0 atom stereocenters. The zero-order chi connectivity index (χ0) is 15.1. The van der Waals surface area contributed by atoms with Crippen LogP contribution in [0.5, 0.6) is 11.8 Å². The van der Waals surface area contributed by atoms with E-state index in [1.165, 1.54) is 7.11 Å². The third-order valence-corrected chi connectivity index (χ3v) is 2.89. The highest BCUT2D eigenvalue weighted by atomic mass is 16.5. The zero-order valence-electron chi connectivity index (χ0n) is 12.4. The van der Waals surface area contributed by atoms with Crippen LogP contribution in [0.15, 0.2) is 24.3 Å². The highest BCUT2D eigenvalue weighted by Gasteiger charge is 2.06. The maximum absolute atomic E-state index is 5.32. The number of para-hydroxylation sites is 1. The lowest BCUT2D eigenvalue weighted by atomic mass is 10.1. The summed E-state index contributed by atoms with van der Waals surface area (Å²) in [4.78, 5) is 12.4. The summed E-state index contributed by atoms with van der Waals surface area (Å²) < 4.78 is 10.4. The van der Waals surface area contributed by atoms with Crippen molar-refractivity contribution >= 4 is 11.9 Å². The van der Waals surface area contributed by atoms with Crippen molar-refractivity contribution in [3.63, 3.8) is 0 Å². The minimum atomic E-state index is 0.272. The minimum absolute atomic E-state index is 0.272. The molecule has 1 heterocycles. The maximum Gasteiger partial charge on any atom is 0.322 e. The second kappa shape index (κ2) is 7.28. The second-order valence-corrected chi connectivity index (χ2v) is 4.21. The Balaban J connectivity index is 2.00. The van der Waals surface area contributed by atoms with Crippen molar-refractivity contribution in [2.45, 2.75) is 6.42 Å². The van der Waals surface area contributed by atoms with Crippen LogP contribution in [0.1, 0.15) is 5.56 Å². The number of nitrogens with one attached hydrogen (secondary N) is 2. The highest BCUT2D eigenvalue weighted by molar-refractivity contribution is 5.37. The van der Waals surface area contributed by atoms with Gasteiger partial charge >= 0.3 is 6.01 Å². The Morgan fingerprint density at radius 3 is 2.48 bits per heavy atom. The first-order valence-electron chi connectivity index (χ1n) is 6.60. The van der Waals surface area contributed by atoms with Crippen molar-refractivity contribution in [3.05, 3.63) is 29.8 Å². The molecule has 0 aliphatic heterocycles. The molecule has 1 aromatic heterocycles. The lowest BCUT2D eigenvalue weighted by Gasteiger charge is -2.10. The van der Waals surface area contributed by atoms with Gasteiger partial charge in [0.2, 0.25) is 11.9 Å². The quantitative estimate of drug-likeness (QED) is 0.801. The molecule has 7 nitrogen and oxygen atoms in total. The summed E-state index contributed by atoms with van der Waals surface area (Å²) in [6.45, 7) is 0.677. The molecule has 7 heteroatoms. The lowest BCUT2D eigenvalue weighted by molar-refractivity contribution is 0.379. The molecule has 2 N–H and O–H groups in total. The van der Waals surface area contributed by atoms with Gasteiger partial charge in [0.15, 0.2) is 0 Å². The molecule has 112 valence electrons. The van der Waals surface area contributed by atoms with Crippen LogP contribution >= 0.6 is 0 Å². The van der Waals surface area contributed by atoms with Gasteiger partial charge in [0, 0.05) is 13.6 Å². The van der Waals surface area contributed by atoms with Crippen molar-refractivity contribution in [2.24, 2.45) is 0 Å². The predicted molar refractivity (Wildman–Crippen MR) is 81.1 cm³/mol. The fraction of sp³-hybridized carbons (Fsp3) is 0.357. The highest BCUT2D eigenvalue weighted by Crippen LogP contribution is 2.18. The van der Waals surface area contributed by atoms with Crippen molar-refractivity contribution < 1.29 is 9.47 Å². The van der Waals surface area contributed by atoms with E-state index in [0.29, 0.717) is 18.4 Å². The minimum Gasteiger partial charge on any atom is -0.496 e. The Bertz CT molecular complexity index is 569. The molecule has 0 saturated carbocycles. The van der Waals surface area contributed by atoms with Gasteiger partial charge in [0.05, 0.1) is 14.2 Å². The normalized spacial score (nSPS) is 10.0. The van der Waals surface area contributed by atoms with E-state index in [9.17, 15) is 0 Å². The largest absolute Gasteiger partial charge is 0.496 e. The molecule has 2 aromatic rings. The SMILES string of the molecule is CNc1nc(NCCc2ccccc2OC)nc(OC)n1. The fourth-order valence-electron chi connectivity index (χ4n) is 1.86. The standard InChI is InChI=1S/C14H19N5O2/c1-15-12-17-13(19-14(18-12)21-3)16-9-8-10-6-4-5-7-11(10)20-2/h4-7H,8-9H2,1-3H3,(H2,15,16,17,18,19). The number of aromatic nitrogens is 3. The van der Waals surface area contributed by atoms with Gasteiger partial charge < -0.3 is 20.1 Å². The molecule has 0 unspecified atom stereocenters. The first-order chi connectivity index (χ1) is 10.3. The molecule has 0 bridgehead atoms. The third kappa shape index (κ3) is 3.95. The molecule has 0 radical (unpaired) electrons. The Morgan fingerprint density at radius 2 is 1.76 bits per heavy atom. The van der Waals surface area contributed by atoms with Crippen LogP contribution in [-0.2, 0) is 6.42 Å². The summed E-state index contributed by atoms with van der Waals surface area (Å²) in [6.07, 6.45) is 0.799. The molecular formula is C14H19N5O2. The van der Waals surface area contributed by atoms with E-state index < -0.39 is 0 Å². The smallest absolute Gasteiger partial charge is 0.322 e. The fourth-order valence-corrected chi connectivity index (χ4v) is 1.86. The van der Waals surface area contributed by atoms with Gasteiger partial charge in [-0.1, -0.05) is 18.2 Å². The van der Waals surface area contributed by atoms with Gasteiger partial charge in [-0.15, -0.1) is 0 Å². The van der Waals surface area contributed by atoms with Crippen molar-refractivity contribution in [3.8, 4) is 11.8 Å². The van der Waals surface area contributed by atoms with E-state index in [4.69, 9.17) is 9.47 Å². The van der Waals surface area contributed by atoms with Crippen LogP contribution in [0.25, 0.3) is 0 Å². The number of rotatable bonds is 7. The Kier molecular flexibility index (Phi) is 5.14. The van der Waals surface area contributed by atoms with Crippen LogP contribution in [0.2, 0.25) is 0 Å². The molecule has 2 rings (SSSR count). The summed E-state index contributed by atoms with van der Waals surface area (Å²) in [5, 5.41) is 6.02. The molecule has 21 heavy (non-hydrogen) atoms. The summed E-state index contributed by atoms with van der Waals surface area (Å²) in [5.41, 5.74) is 1.13. The predicted octanol–water partition coefficient (Wildman–Crippen LogP) is 1.59. The molecule has 0 saturated heterocycles. The van der Waals surface area contributed by atoms with Crippen LogP contribution in [0, 0.1) is 0 Å². The van der Waals surface area contributed by atoms with E-state index in [0.717, 1.165) is 17.7 Å². The Morgan fingerprint density at radius 1 is 1.00 bits per heavy atom. The maximum atomic E-state index is 5.32. The third-order valence-electron chi connectivity index (χ3n) is 2.89. The summed E-state index contributed by atoms with van der Waals surface area (Å²) in [5.74, 6) is 1.81. The van der Waals surface area contributed by atoms with Crippen LogP contribution < -0.4 is 20.1 Å². The number of methoxy groups -OCH3 is 2. The number of hydrogen-bond donors (Lipinski definition) is 2. The molecule has 1 aromatic carbocycles. The van der Waals surface area contributed by atoms with E-state index in [1.807, 2.05) is 24.3 Å². The van der Waals surface area contributed by atoms with E-state index in [-0.39, 0.29) is 6.01 Å². The molecule has 0 spiro atoms. The second-order valence-electron chi connectivity index (χ2n) is 4.21. The number of benzene rings is 1. The van der Waals surface area contributed by atoms with Gasteiger partial charge in [0.1, 0.15) is 5.75 Å². The molecule has 0 aliphatic rings. The number of anilines is 2. The summed E-state index contributed by atoms with van der Waals surface area (Å²) in [6, 6.07) is 8.19. The molecule has 0 aliphatic carbocycles. The molecule has 0 fully saturated rings. The topological polar surface area (TPSA) is 81.2 Å². The van der Waals surface area contributed by atoms with Crippen LogP contribution in [0.3, 0.4) is 0 Å². The summed E-state index contributed by atoms with van der Waals surface area (Å²) in [7, 11) is 4.93. The molecular weight excluding hydrogens is 270 g/mol. The van der Waals surface area contributed by atoms with Crippen molar-refractivity contribution in [1.82, 2.24) is 15.0 Å². The number of ether oxygens (including phenoxy) is 2. The van der Waals surface area contributed by atoms with Gasteiger partial charge in [-0.25, -0.2) is 0 Å². The Labute approximate surface area is 123 Å². The van der Waals surface area contributed by atoms with Crippen molar-refractivity contribution in [1.29, 1.82) is 0 Å². The van der Waals surface area contributed by atoms with Gasteiger partial charge in [0.25, 0.3) is 0 Å². The van der Waals surface area contributed by atoms with Gasteiger partial charge in [-0.05, 0) is 18.1 Å². The van der Waals surface area contributed by atoms with Gasteiger partial charge in [-0.2, -0.15) is 15.0 Å². The Hall–Kier alpha value is -2.57. The number of hydrogen-bond acceptors (Lipinski definition) is 7. The number of nitrogens with zero attached hydrogens (tertiary/aromatic N) is 3. The van der Waals surface area contributed by atoms with Crippen LogP contribution in [-0.4, -0.2) is 42.8 Å². The average molecular weight is 289 g/mol. The lowest BCUT2D eigenvalue weighted by Crippen LogP contribution is -2.11. The van der Waals surface area contributed by atoms with E-state index >= 15 is 0 Å². The first kappa shape index (κ1) is 14.8. The summed E-state index contributed by atoms with van der Waals surface area (Å²) >= 11 is 0. The van der Waals surface area contributed by atoms with Crippen LogP contribution in [0.4, 0.5) is 11.9 Å². The monoisotopic (exact) mass is 289 g/mol.